The van der Waals surface area contributed by atoms with Gasteiger partial charge in [0.25, 0.3) is 0 Å². The van der Waals surface area contributed by atoms with Crippen molar-refractivity contribution in [2.75, 3.05) is 18.6 Å². The van der Waals surface area contributed by atoms with E-state index < -0.39 is 10.4 Å². The van der Waals surface area contributed by atoms with E-state index in [1.807, 2.05) is 25.3 Å². The number of allylic oxidation sites excluding steroid dienone is 2. The smallest absolute Gasteiger partial charge is 0.0406 e. The molecule has 0 saturated carbocycles. The van der Waals surface area contributed by atoms with Gasteiger partial charge in [0.05, 0.1) is 0 Å². The van der Waals surface area contributed by atoms with Crippen molar-refractivity contribution in [3.8, 4) is 0 Å². The molecule has 0 fully saturated rings. The molecule has 0 radical (unpaired) electrons. The van der Waals surface area contributed by atoms with E-state index in [0.29, 0.717) is 12.3 Å². The molecule has 114 valence electrons. The van der Waals surface area contributed by atoms with Gasteiger partial charge in [-0.25, -0.2) is 0 Å². The second-order valence-electron chi connectivity index (χ2n) is 6.60. The van der Waals surface area contributed by atoms with Gasteiger partial charge in [-0.15, -0.1) is 0 Å². The van der Waals surface area contributed by atoms with Gasteiger partial charge in [-0.2, -0.15) is 3.89 Å². The van der Waals surface area contributed by atoms with Gasteiger partial charge in [0.1, 0.15) is 0 Å². The Balaban J connectivity index is 2.85. The van der Waals surface area contributed by atoms with Crippen LogP contribution in [0.25, 0.3) is 0 Å². The summed E-state index contributed by atoms with van der Waals surface area (Å²) in [6.07, 6.45) is 5.91. The average molecular weight is 297 g/mol. The van der Waals surface area contributed by atoms with Gasteiger partial charge < -0.3 is 5.32 Å². The first-order chi connectivity index (χ1) is 9.05. The van der Waals surface area contributed by atoms with Gasteiger partial charge in [-0.05, 0) is 42.1 Å². The Bertz CT molecular complexity index is 476. The van der Waals surface area contributed by atoms with Crippen LogP contribution in [0.15, 0.2) is 46.6 Å². The Morgan fingerprint density at radius 2 is 2.10 bits per heavy atom. The van der Waals surface area contributed by atoms with Gasteiger partial charge >= 0.3 is 0 Å². The van der Waals surface area contributed by atoms with Crippen LogP contribution < -0.4 is 5.32 Å². The van der Waals surface area contributed by atoms with Gasteiger partial charge in [-0.3, -0.25) is 0 Å². The summed E-state index contributed by atoms with van der Waals surface area (Å²) in [7, 11) is -2.15. The monoisotopic (exact) mass is 297 g/mol. The minimum absolute atomic E-state index is 0.0239. The summed E-state index contributed by atoms with van der Waals surface area (Å²) >= 11 is 0. The molecule has 1 aliphatic heterocycles. The molecule has 1 atom stereocenters. The molecule has 1 unspecified atom stereocenters. The molecule has 1 nitrogen and oxygen atoms in total. The molecule has 3 heteroatoms. The maximum atomic E-state index is 14.6. The van der Waals surface area contributed by atoms with Crippen molar-refractivity contribution in [3.05, 3.63) is 46.6 Å². The molecule has 0 amide bonds. The fourth-order valence-corrected chi connectivity index (χ4v) is 4.00. The zero-order valence-electron chi connectivity index (χ0n) is 13.6. The zero-order valence-corrected chi connectivity index (χ0v) is 14.5. The van der Waals surface area contributed by atoms with E-state index in [9.17, 15) is 3.89 Å². The topological polar surface area (TPSA) is 12.0 Å². The SMILES string of the molecule is C=C(NCC1=CS(C)(F)CC(C(C)(C)C)=C1)/C(C)=C/C. The van der Waals surface area contributed by atoms with E-state index in [1.165, 1.54) is 5.57 Å². The second-order valence-corrected chi connectivity index (χ2v) is 9.22. The maximum Gasteiger partial charge on any atom is 0.0406 e. The predicted octanol–water partition coefficient (Wildman–Crippen LogP) is 5.24. The van der Waals surface area contributed by atoms with Crippen molar-refractivity contribution in [3.63, 3.8) is 0 Å². The lowest BCUT2D eigenvalue weighted by atomic mass is 9.86. The number of nitrogens with one attached hydrogen (secondary N) is 1. The normalized spacial score (nSPS) is 27.2. The standard InChI is InChI=1S/C17H28FNS/c1-8-13(2)14(3)19-10-15-9-16(17(4,5)6)12-20(7,18)11-15/h8-9,11,19H,3,10,12H2,1-2,4-7H3/b13-8+. The van der Waals surface area contributed by atoms with Crippen LogP contribution in [-0.2, 0) is 0 Å². The van der Waals surface area contributed by atoms with E-state index >= 15 is 0 Å². The van der Waals surface area contributed by atoms with Crippen molar-refractivity contribution < 1.29 is 3.89 Å². The van der Waals surface area contributed by atoms with Crippen LogP contribution in [0.1, 0.15) is 34.6 Å². The summed E-state index contributed by atoms with van der Waals surface area (Å²) in [4.78, 5) is 0. The molecule has 1 rings (SSSR count). The number of halogens is 1. The Labute approximate surface area is 125 Å². The van der Waals surface area contributed by atoms with E-state index in [1.54, 1.807) is 6.26 Å². The molecule has 20 heavy (non-hydrogen) atoms. The quantitative estimate of drug-likeness (QED) is 0.699. The lowest BCUT2D eigenvalue weighted by molar-refractivity contribution is 0.503. The summed E-state index contributed by atoms with van der Waals surface area (Å²) in [5.74, 6) is 0.564. The first-order valence-electron chi connectivity index (χ1n) is 6.98. The van der Waals surface area contributed by atoms with Crippen molar-refractivity contribution in [2.45, 2.75) is 34.6 Å². The van der Waals surface area contributed by atoms with Crippen LogP contribution in [-0.4, -0.2) is 18.6 Å². The third-order valence-corrected chi connectivity index (χ3v) is 5.24. The molecule has 0 spiro atoms. The Morgan fingerprint density at radius 1 is 1.50 bits per heavy atom. The number of hydrogen-bond acceptors (Lipinski definition) is 1. The highest BCUT2D eigenvalue weighted by Gasteiger charge is 2.28. The molecule has 0 aromatic rings. The van der Waals surface area contributed by atoms with E-state index in [2.05, 4.69) is 38.7 Å². The third kappa shape index (κ3) is 4.86. The molecule has 1 heterocycles. The van der Waals surface area contributed by atoms with Gasteiger partial charge in [0, 0.05) is 18.0 Å². The average Bonchev–Trinajstić information content (AvgIpc) is 2.32. The van der Waals surface area contributed by atoms with Crippen molar-refractivity contribution >= 4 is 10.4 Å². The molecule has 0 bridgehead atoms. The fourth-order valence-electron chi connectivity index (χ4n) is 2.01. The predicted molar refractivity (Wildman–Crippen MR) is 91.7 cm³/mol. The van der Waals surface area contributed by atoms with Crippen molar-refractivity contribution in [1.29, 1.82) is 0 Å². The molecular formula is C17H28FNS. The van der Waals surface area contributed by atoms with Crippen LogP contribution in [0.2, 0.25) is 0 Å². The summed E-state index contributed by atoms with van der Waals surface area (Å²) < 4.78 is 14.6. The van der Waals surface area contributed by atoms with Crippen LogP contribution in [0.5, 0.6) is 0 Å². The first-order valence-corrected chi connectivity index (χ1v) is 9.16. The fraction of sp³-hybridized carbons (Fsp3) is 0.529. The minimum Gasteiger partial charge on any atom is -0.381 e. The summed E-state index contributed by atoms with van der Waals surface area (Å²) in [6, 6.07) is 0. The summed E-state index contributed by atoms with van der Waals surface area (Å²) in [5.41, 5.74) is 4.28. The van der Waals surface area contributed by atoms with Crippen LogP contribution in [0.4, 0.5) is 3.89 Å². The highest BCUT2D eigenvalue weighted by molar-refractivity contribution is 8.31. The van der Waals surface area contributed by atoms with Crippen LogP contribution in [0.3, 0.4) is 0 Å². The van der Waals surface area contributed by atoms with Gasteiger partial charge in [0.15, 0.2) is 0 Å². The first kappa shape index (κ1) is 17.1. The van der Waals surface area contributed by atoms with Crippen LogP contribution >= 0.6 is 10.4 Å². The molecule has 1 aliphatic rings. The largest absolute Gasteiger partial charge is 0.381 e. The number of hydrogen-bond donors (Lipinski definition) is 1. The second kappa shape index (κ2) is 6.21. The highest BCUT2D eigenvalue weighted by Crippen LogP contribution is 2.54. The minimum atomic E-state index is -2.15. The molecule has 1 N–H and O–H groups in total. The Hall–Kier alpha value is -0.960. The molecular weight excluding hydrogens is 269 g/mol. The van der Waals surface area contributed by atoms with E-state index in [4.69, 9.17) is 0 Å². The molecule has 0 aliphatic carbocycles. The highest BCUT2D eigenvalue weighted by atomic mass is 32.3. The molecule has 0 aromatic carbocycles. The maximum absolute atomic E-state index is 14.6. The Kier molecular flexibility index (Phi) is 5.31. The molecule has 0 saturated heterocycles. The van der Waals surface area contributed by atoms with E-state index in [0.717, 1.165) is 16.8 Å². The zero-order chi connectivity index (χ0) is 15.6. The lowest BCUT2D eigenvalue weighted by Crippen LogP contribution is -2.22. The number of rotatable bonds is 4. The van der Waals surface area contributed by atoms with Crippen molar-refractivity contribution in [2.24, 2.45) is 5.41 Å². The summed E-state index contributed by atoms with van der Waals surface area (Å²) in [6.45, 7) is 15.1. The molecule has 0 aromatic heterocycles. The van der Waals surface area contributed by atoms with Gasteiger partial charge in [-0.1, -0.05) is 55.5 Å². The van der Waals surface area contributed by atoms with Crippen LogP contribution in [0, 0.1) is 5.41 Å². The third-order valence-electron chi connectivity index (χ3n) is 3.57. The lowest BCUT2D eigenvalue weighted by Gasteiger charge is -2.34. The van der Waals surface area contributed by atoms with E-state index in [-0.39, 0.29) is 5.41 Å². The Morgan fingerprint density at radius 3 is 2.60 bits per heavy atom. The van der Waals surface area contributed by atoms with Crippen molar-refractivity contribution in [1.82, 2.24) is 5.32 Å². The van der Waals surface area contributed by atoms with Gasteiger partial charge in [0.2, 0.25) is 0 Å². The summed E-state index contributed by atoms with van der Waals surface area (Å²) in [5, 5.41) is 5.10.